The summed E-state index contributed by atoms with van der Waals surface area (Å²) >= 11 is 0. The zero-order chi connectivity index (χ0) is 11.4. The first-order valence-corrected chi connectivity index (χ1v) is 5.95. The molecule has 0 amide bonds. The van der Waals surface area contributed by atoms with Gasteiger partial charge in [-0.3, -0.25) is 4.68 Å². The van der Waals surface area contributed by atoms with Crippen LogP contribution in [0.4, 0.5) is 0 Å². The Morgan fingerprint density at radius 2 is 2.56 bits per heavy atom. The van der Waals surface area contributed by atoms with Crippen LogP contribution in [0.3, 0.4) is 0 Å². The van der Waals surface area contributed by atoms with Crippen LogP contribution in [0.25, 0.3) is 0 Å². The average Bonchev–Trinajstić information content (AvgIpc) is 2.87. The van der Waals surface area contributed by atoms with E-state index in [1.807, 2.05) is 0 Å². The number of hydrogen-bond acceptors (Lipinski definition) is 4. The molecule has 0 aromatic carbocycles. The Hall–Kier alpha value is -0.940. The van der Waals surface area contributed by atoms with Gasteiger partial charge in [-0.15, -0.1) is 5.10 Å². The van der Waals surface area contributed by atoms with Crippen molar-refractivity contribution in [3.63, 3.8) is 0 Å². The van der Waals surface area contributed by atoms with Crippen molar-refractivity contribution in [2.75, 3.05) is 6.61 Å². The monoisotopic (exact) mass is 225 g/mol. The average molecular weight is 225 g/mol. The molecule has 1 aliphatic heterocycles. The fourth-order valence-electron chi connectivity index (χ4n) is 1.97. The molecule has 1 aliphatic rings. The highest BCUT2D eigenvalue weighted by Crippen LogP contribution is 2.17. The van der Waals surface area contributed by atoms with Gasteiger partial charge in [-0.2, -0.15) is 0 Å². The van der Waals surface area contributed by atoms with Gasteiger partial charge >= 0.3 is 0 Å². The lowest BCUT2D eigenvalue weighted by atomic mass is 10.1. The molecule has 1 fully saturated rings. The van der Waals surface area contributed by atoms with Gasteiger partial charge in [0.05, 0.1) is 18.4 Å². The van der Waals surface area contributed by atoms with Gasteiger partial charge in [-0.1, -0.05) is 5.21 Å². The van der Waals surface area contributed by atoms with Crippen LogP contribution >= 0.6 is 0 Å². The second-order valence-electron chi connectivity index (χ2n) is 4.36. The maximum atomic E-state index is 9.30. The molecule has 2 heterocycles. The van der Waals surface area contributed by atoms with E-state index in [0.717, 1.165) is 26.0 Å². The van der Waals surface area contributed by atoms with Crippen LogP contribution < -0.4 is 0 Å². The first kappa shape index (κ1) is 11.5. The van der Waals surface area contributed by atoms with E-state index in [1.54, 1.807) is 17.8 Å². The summed E-state index contributed by atoms with van der Waals surface area (Å²) in [6.45, 7) is 3.46. The molecule has 5 heteroatoms. The first-order valence-electron chi connectivity index (χ1n) is 5.95. The van der Waals surface area contributed by atoms with E-state index >= 15 is 0 Å². The molecule has 2 atom stereocenters. The van der Waals surface area contributed by atoms with Crippen molar-refractivity contribution in [3.8, 4) is 0 Å². The fraction of sp³-hybridized carbons (Fsp3) is 0.818. The standard InChI is InChI=1S/C11H19N3O2/c1-9(15)11-8-14(13-12-11)6-2-4-10-5-3-7-16-10/h8-10,15H,2-7H2,1H3. The van der Waals surface area contributed by atoms with Crippen LogP contribution in [0, 0.1) is 0 Å². The van der Waals surface area contributed by atoms with Crippen molar-refractivity contribution in [3.05, 3.63) is 11.9 Å². The van der Waals surface area contributed by atoms with Gasteiger partial charge in [-0.05, 0) is 32.6 Å². The van der Waals surface area contributed by atoms with E-state index in [-0.39, 0.29) is 0 Å². The molecular weight excluding hydrogens is 206 g/mol. The molecule has 0 bridgehead atoms. The van der Waals surface area contributed by atoms with Crippen molar-refractivity contribution in [1.29, 1.82) is 0 Å². The molecule has 1 saturated heterocycles. The van der Waals surface area contributed by atoms with Crippen LogP contribution in [0.2, 0.25) is 0 Å². The minimum absolute atomic E-state index is 0.444. The Morgan fingerprint density at radius 1 is 1.69 bits per heavy atom. The molecule has 2 unspecified atom stereocenters. The molecule has 1 aromatic rings. The molecule has 0 saturated carbocycles. The zero-order valence-corrected chi connectivity index (χ0v) is 9.67. The third-order valence-electron chi connectivity index (χ3n) is 2.92. The number of rotatable bonds is 5. The maximum absolute atomic E-state index is 9.30. The molecule has 2 rings (SSSR count). The molecule has 1 N–H and O–H groups in total. The molecule has 0 aliphatic carbocycles. The smallest absolute Gasteiger partial charge is 0.111 e. The molecule has 0 spiro atoms. The van der Waals surface area contributed by atoms with Crippen molar-refractivity contribution in [2.45, 2.75) is 51.4 Å². The summed E-state index contributed by atoms with van der Waals surface area (Å²) in [6, 6.07) is 0. The van der Waals surface area contributed by atoms with Crippen LogP contribution in [0.1, 0.15) is 44.4 Å². The number of ether oxygens (including phenoxy) is 1. The molecule has 5 nitrogen and oxygen atoms in total. The van der Waals surface area contributed by atoms with E-state index in [2.05, 4.69) is 10.3 Å². The SMILES string of the molecule is CC(O)c1cn(CCCC2CCCO2)nn1. The number of aliphatic hydroxyl groups excluding tert-OH is 1. The summed E-state index contributed by atoms with van der Waals surface area (Å²) in [6.07, 6.45) is 6.24. The third kappa shape index (κ3) is 3.02. The first-order chi connectivity index (χ1) is 7.75. The van der Waals surface area contributed by atoms with Crippen LogP contribution in [0.15, 0.2) is 6.20 Å². The lowest BCUT2D eigenvalue weighted by molar-refractivity contribution is 0.101. The zero-order valence-electron chi connectivity index (χ0n) is 9.67. The van der Waals surface area contributed by atoms with Crippen LogP contribution in [-0.2, 0) is 11.3 Å². The fourth-order valence-corrected chi connectivity index (χ4v) is 1.97. The molecule has 1 aromatic heterocycles. The topological polar surface area (TPSA) is 60.2 Å². The molecular formula is C11H19N3O2. The van der Waals surface area contributed by atoms with E-state index < -0.39 is 6.10 Å². The second-order valence-corrected chi connectivity index (χ2v) is 4.36. The van der Waals surface area contributed by atoms with E-state index in [1.165, 1.54) is 12.8 Å². The number of hydrogen-bond donors (Lipinski definition) is 1. The summed E-state index contributed by atoms with van der Waals surface area (Å²) in [5.74, 6) is 0. The minimum atomic E-state index is -0.535. The van der Waals surface area contributed by atoms with Crippen molar-refractivity contribution in [1.82, 2.24) is 15.0 Å². The van der Waals surface area contributed by atoms with Crippen molar-refractivity contribution in [2.24, 2.45) is 0 Å². The predicted molar refractivity (Wildman–Crippen MR) is 58.9 cm³/mol. The lowest BCUT2D eigenvalue weighted by Gasteiger charge is -2.08. The number of aryl methyl sites for hydroxylation is 1. The van der Waals surface area contributed by atoms with Gasteiger partial charge < -0.3 is 9.84 Å². The summed E-state index contributed by atoms with van der Waals surface area (Å²) < 4.78 is 7.34. The highest BCUT2D eigenvalue weighted by atomic mass is 16.5. The molecule has 16 heavy (non-hydrogen) atoms. The largest absolute Gasteiger partial charge is 0.387 e. The number of aliphatic hydroxyl groups is 1. The second kappa shape index (κ2) is 5.41. The Bertz CT molecular complexity index is 319. The number of aromatic nitrogens is 3. The predicted octanol–water partition coefficient (Wildman–Crippen LogP) is 1.29. The Kier molecular flexibility index (Phi) is 3.90. The van der Waals surface area contributed by atoms with E-state index in [4.69, 9.17) is 4.74 Å². The molecule has 0 radical (unpaired) electrons. The normalized spacial score (nSPS) is 22.5. The van der Waals surface area contributed by atoms with E-state index in [9.17, 15) is 5.11 Å². The van der Waals surface area contributed by atoms with Gasteiger partial charge in [0.1, 0.15) is 5.69 Å². The number of nitrogens with zero attached hydrogens (tertiary/aromatic N) is 3. The highest BCUT2D eigenvalue weighted by Gasteiger charge is 2.14. The Labute approximate surface area is 95.4 Å². The quantitative estimate of drug-likeness (QED) is 0.820. The summed E-state index contributed by atoms with van der Waals surface area (Å²) in [5.41, 5.74) is 0.636. The van der Waals surface area contributed by atoms with Crippen LogP contribution in [-0.4, -0.2) is 32.8 Å². The minimum Gasteiger partial charge on any atom is -0.387 e. The highest BCUT2D eigenvalue weighted by molar-refractivity contribution is 4.95. The van der Waals surface area contributed by atoms with Gasteiger partial charge in [0.2, 0.25) is 0 Å². The van der Waals surface area contributed by atoms with E-state index in [0.29, 0.717) is 11.8 Å². The Morgan fingerprint density at radius 3 is 3.19 bits per heavy atom. The van der Waals surface area contributed by atoms with Gasteiger partial charge in [-0.25, -0.2) is 0 Å². The molecule has 90 valence electrons. The van der Waals surface area contributed by atoms with Gasteiger partial charge in [0, 0.05) is 13.2 Å². The third-order valence-corrected chi connectivity index (χ3v) is 2.92. The van der Waals surface area contributed by atoms with Crippen LogP contribution in [0.5, 0.6) is 0 Å². The van der Waals surface area contributed by atoms with Gasteiger partial charge in [0.25, 0.3) is 0 Å². The van der Waals surface area contributed by atoms with Gasteiger partial charge in [0.15, 0.2) is 0 Å². The van der Waals surface area contributed by atoms with Crippen molar-refractivity contribution < 1.29 is 9.84 Å². The summed E-state index contributed by atoms with van der Waals surface area (Å²) in [4.78, 5) is 0. The van der Waals surface area contributed by atoms with Crippen molar-refractivity contribution >= 4 is 0 Å². The lowest BCUT2D eigenvalue weighted by Crippen LogP contribution is -2.07. The summed E-state index contributed by atoms with van der Waals surface area (Å²) in [5, 5.41) is 17.2. The Balaban J connectivity index is 1.72. The maximum Gasteiger partial charge on any atom is 0.111 e. The summed E-state index contributed by atoms with van der Waals surface area (Å²) in [7, 11) is 0.